The second kappa shape index (κ2) is 10.6. The molecule has 0 spiro atoms. The molecule has 13 heteroatoms. The van der Waals surface area contributed by atoms with Crippen molar-refractivity contribution < 1.29 is 43.9 Å². The molecule has 0 radical (unpaired) electrons. The maximum Gasteiger partial charge on any atom is 0.416 e. The molecule has 220 valence electrons. The summed E-state index contributed by atoms with van der Waals surface area (Å²) < 4.78 is 118. The minimum absolute atomic E-state index is 0.00520. The van der Waals surface area contributed by atoms with Gasteiger partial charge in [0.15, 0.2) is 9.84 Å². The normalized spacial score (nSPS) is 22.9. The number of benzene rings is 2. The number of amides is 1. The zero-order chi connectivity index (χ0) is 29.8. The number of halogens is 7. The van der Waals surface area contributed by atoms with Crippen molar-refractivity contribution in [3.05, 3.63) is 70.0 Å². The van der Waals surface area contributed by atoms with Crippen LogP contribution in [0, 0.1) is 18.7 Å². The fraction of sp³-hybridized carbons (Fsp3) is 0.519. The van der Waals surface area contributed by atoms with Crippen LogP contribution in [0.1, 0.15) is 53.1 Å². The fourth-order valence-corrected chi connectivity index (χ4v) is 7.12. The van der Waals surface area contributed by atoms with Gasteiger partial charge in [-0.05, 0) is 73.8 Å². The number of piperidine rings is 1. The average molecular weight is 595 g/mol. The Morgan fingerprint density at radius 2 is 1.57 bits per heavy atom. The number of hydrogen-bond donors (Lipinski definition) is 0. The second-order valence-electron chi connectivity index (χ2n) is 10.7. The summed E-state index contributed by atoms with van der Waals surface area (Å²) in [5, 5.41) is 0. The molecule has 2 saturated heterocycles. The van der Waals surface area contributed by atoms with Gasteiger partial charge in [-0.15, -0.1) is 0 Å². The van der Waals surface area contributed by atoms with Gasteiger partial charge < -0.3 is 4.90 Å². The highest BCUT2D eigenvalue weighted by atomic mass is 32.2. The number of aryl methyl sites for hydroxylation is 1. The van der Waals surface area contributed by atoms with Crippen LogP contribution >= 0.6 is 0 Å². The van der Waals surface area contributed by atoms with Crippen LogP contribution in [0.15, 0.2) is 36.4 Å². The van der Waals surface area contributed by atoms with E-state index in [-0.39, 0.29) is 35.6 Å². The van der Waals surface area contributed by atoms with Crippen molar-refractivity contribution in [2.75, 3.05) is 31.6 Å². The lowest BCUT2D eigenvalue weighted by Gasteiger charge is -2.46. The Morgan fingerprint density at radius 1 is 1.00 bits per heavy atom. The lowest BCUT2D eigenvalue weighted by Crippen LogP contribution is -2.57. The third-order valence-electron chi connectivity index (χ3n) is 8.02. The Hall–Kier alpha value is -2.67. The molecule has 2 aliphatic heterocycles. The third-order valence-corrected chi connectivity index (χ3v) is 9.81. The summed E-state index contributed by atoms with van der Waals surface area (Å²) >= 11 is 0. The van der Waals surface area contributed by atoms with E-state index < -0.39 is 62.9 Å². The van der Waals surface area contributed by atoms with E-state index in [4.69, 9.17) is 0 Å². The number of sulfone groups is 1. The molecule has 0 bridgehead atoms. The van der Waals surface area contributed by atoms with E-state index in [9.17, 15) is 43.9 Å². The minimum atomic E-state index is -5.02. The number of hydrogen-bond acceptors (Lipinski definition) is 4. The van der Waals surface area contributed by atoms with Crippen LogP contribution in [-0.4, -0.2) is 61.8 Å². The minimum Gasteiger partial charge on any atom is -0.339 e. The summed E-state index contributed by atoms with van der Waals surface area (Å²) in [6.07, 6.45) is -9.76. The second-order valence-corrected chi connectivity index (χ2v) is 12.8. The van der Waals surface area contributed by atoms with Crippen LogP contribution in [0.3, 0.4) is 0 Å². The van der Waals surface area contributed by atoms with Crippen LogP contribution < -0.4 is 0 Å². The van der Waals surface area contributed by atoms with Crippen LogP contribution in [0.4, 0.5) is 30.7 Å². The van der Waals surface area contributed by atoms with Crippen LogP contribution in [0.25, 0.3) is 0 Å². The molecule has 0 unspecified atom stereocenters. The molecule has 2 aliphatic rings. The van der Waals surface area contributed by atoms with E-state index in [2.05, 4.69) is 0 Å². The largest absolute Gasteiger partial charge is 0.416 e. The Bertz CT molecular complexity index is 1350. The van der Waals surface area contributed by atoms with Crippen LogP contribution in [-0.2, 0) is 27.0 Å². The number of likely N-dealkylation sites (tertiary alicyclic amines) is 1. The van der Waals surface area contributed by atoms with Gasteiger partial charge in [0.25, 0.3) is 0 Å². The molecule has 0 saturated carbocycles. The lowest BCUT2D eigenvalue weighted by atomic mass is 9.77. The SMILES string of the molecule is Cc1cc(F)ccc1[C@H]1CN(C2CS(=O)(=O)C2)CC[C@@H]1C(=O)N(C)[C@@H](C)c1cc(C(F)(F)F)cc(C(F)(F)F)c1. The van der Waals surface area contributed by atoms with Gasteiger partial charge in [0.2, 0.25) is 5.91 Å². The molecular weight excluding hydrogens is 565 g/mol. The quantitative estimate of drug-likeness (QED) is 0.424. The van der Waals surface area contributed by atoms with Gasteiger partial charge >= 0.3 is 12.4 Å². The highest BCUT2D eigenvalue weighted by Gasteiger charge is 2.45. The van der Waals surface area contributed by atoms with Crippen LogP contribution in [0.2, 0.25) is 0 Å². The molecule has 2 aromatic rings. The van der Waals surface area contributed by atoms with Gasteiger partial charge in [0.1, 0.15) is 5.82 Å². The van der Waals surface area contributed by atoms with Crippen molar-refractivity contribution >= 4 is 15.7 Å². The summed E-state index contributed by atoms with van der Waals surface area (Å²) in [4.78, 5) is 16.9. The van der Waals surface area contributed by atoms with E-state index in [0.717, 1.165) is 4.90 Å². The van der Waals surface area contributed by atoms with Gasteiger partial charge in [-0.3, -0.25) is 9.69 Å². The highest BCUT2D eigenvalue weighted by Crippen LogP contribution is 2.41. The van der Waals surface area contributed by atoms with E-state index in [1.165, 1.54) is 26.1 Å². The maximum absolute atomic E-state index is 13.9. The highest BCUT2D eigenvalue weighted by molar-refractivity contribution is 7.92. The lowest BCUT2D eigenvalue weighted by molar-refractivity contribution is -0.143. The molecule has 5 nitrogen and oxygen atoms in total. The van der Waals surface area contributed by atoms with Crippen molar-refractivity contribution in [3.8, 4) is 0 Å². The number of rotatable bonds is 5. The number of alkyl halides is 6. The Kier molecular flexibility index (Phi) is 8.05. The maximum atomic E-state index is 13.9. The number of carbonyl (C=O) groups is 1. The van der Waals surface area contributed by atoms with Gasteiger partial charge in [0, 0.05) is 31.5 Å². The zero-order valence-corrected chi connectivity index (χ0v) is 22.8. The van der Waals surface area contributed by atoms with Crippen molar-refractivity contribution in [3.63, 3.8) is 0 Å². The Balaban J connectivity index is 1.65. The Labute approximate surface area is 227 Å². The first-order chi connectivity index (χ1) is 18.4. The zero-order valence-electron chi connectivity index (χ0n) is 22.0. The monoisotopic (exact) mass is 594 g/mol. The molecule has 3 atom stereocenters. The molecule has 2 heterocycles. The first-order valence-corrected chi connectivity index (χ1v) is 14.5. The first kappa shape index (κ1) is 30.3. The topological polar surface area (TPSA) is 57.7 Å². The number of nitrogens with zero attached hydrogens (tertiary/aromatic N) is 2. The average Bonchev–Trinajstić information content (AvgIpc) is 2.84. The molecule has 2 fully saturated rings. The molecule has 40 heavy (non-hydrogen) atoms. The summed E-state index contributed by atoms with van der Waals surface area (Å²) in [5.41, 5.74) is -1.99. The summed E-state index contributed by atoms with van der Waals surface area (Å²) in [6.45, 7) is 3.73. The molecule has 1 amide bonds. The van der Waals surface area contributed by atoms with Crippen molar-refractivity contribution in [2.45, 2.75) is 50.6 Å². The van der Waals surface area contributed by atoms with Crippen molar-refractivity contribution in [1.29, 1.82) is 0 Å². The fourth-order valence-electron chi connectivity index (χ4n) is 5.62. The van der Waals surface area contributed by atoms with Gasteiger partial charge in [-0.2, -0.15) is 26.3 Å². The smallest absolute Gasteiger partial charge is 0.339 e. The van der Waals surface area contributed by atoms with Crippen molar-refractivity contribution in [2.24, 2.45) is 5.92 Å². The number of carbonyl (C=O) groups excluding carboxylic acids is 1. The van der Waals surface area contributed by atoms with E-state index in [1.54, 1.807) is 13.0 Å². The summed E-state index contributed by atoms with van der Waals surface area (Å²) in [5.74, 6) is -2.17. The third kappa shape index (κ3) is 6.29. The van der Waals surface area contributed by atoms with E-state index >= 15 is 0 Å². The summed E-state index contributed by atoms with van der Waals surface area (Å²) in [7, 11) is -1.78. The molecule has 0 N–H and O–H groups in total. The van der Waals surface area contributed by atoms with E-state index in [1.807, 2.05) is 4.90 Å². The summed E-state index contributed by atoms with van der Waals surface area (Å²) in [6, 6.07) is 4.06. The van der Waals surface area contributed by atoms with Gasteiger partial charge in [0.05, 0.1) is 28.7 Å². The van der Waals surface area contributed by atoms with Gasteiger partial charge in [-0.25, -0.2) is 12.8 Å². The van der Waals surface area contributed by atoms with Gasteiger partial charge in [-0.1, -0.05) is 6.07 Å². The van der Waals surface area contributed by atoms with Crippen LogP contribution in [0.5, 0.6) is 0 Å². The molecule has 4 rings (SSSR count). The van der Waals surface area contributed by atoms with Crippen molar-refractivity contribution in [1.82, 2.24) is 9.80 Å². The predicted octanol–water partition coefficient (Wildman–Crippen LogP) is 5.59. The Morgan fingerprint density at radius 3 is 2.08 bits per heavy atom. The molecule has 2 aromatic carbocycles. The standard InChI is InChI=1S/C27H29F7N2O3S/c1-15-8-20(28)4-5-22(15)24-12-36(21-13-40(38,39)14-21)7-6-23(24)25(37)35(3)16(2)17-9-18(26(29,30)31)11-19(10-17)27(32,33)34/h4-5,8-11,16,21,23-24H,6-7,12-14H2,1-3H3/t16-,23-,24+/m0/s1. The molecule has 0 aliphatic carbocycles. The molecule has 0 aromatic heterocycles. The molecular formula is C27H29F7N2O3S. The first-order valence-electron chi connectivity index (χ1n) is 12.6. The van der Waals surface area contributed by atoms with E-state index in [0.29, 0.717) is 36.3 Å². The predicted molar refractivity (Wildman–Crippen MR) is 134 cm³/mol.